The largest absolute Gasteiger partial charge is 0.354 e. The van der Waals surface area contributed by atoms with Gasteiger partial charge in [-0.25, -0.2) is 8.42 Å². The number of nitrogens with one attached hydrogen (secondary N) is 1. The van der Waals surface area contributed by atoms with Crippen molar-refractivity contribution in [3.63, 3.8) is 0 Å². The van der Waals surface area contributed by atoms with E-state index in [4.69, 9.17) is 46.4 Å². The third-order valence-corrected chi connectivity index (χ3v) is 8.71. The van der Waals surface area contributed by atoms with Crippen LogP contribution in [0.25, 0.3) is 0 Å². The number of hydrogen-bond donors (Lipinski definition) is 1. The highest BCUT2D eigenvalue weighted by atomic mass is 35.5. The summed E-state index contributed by atoms with van der Waals surface area (Å²) in [5, 5.41) is 3.66. The molecular formula is C29H31Cl4N3O4S. The Balaban J connectivity index is 2.07. The molecule has 12 heteroatoms. The van der Waals surface area contributed by atoms with E-state index in [1.807, 2.05) is 37.3 Å². The third kappa shape index (κ3) is 9.51. The number of amides is 2. The summed E-state index contributed by atoms with van der Waals surface area (Å²) in [6.45, 7) is 1.86. The van der Waals surface area contributed by atoms with E-state index in [0.29, 0.717) is 17.1 Å². The smallest absolute Gasteiger partial charge is 0.244 e. The van der Waals surface area contributed by atoms with Crippen molar-refractivity contribution in [1.82, 2.24) is 10.2 Å². The number of halogens is 4. The van der Waals surface area contributed by atoms with Gasteiger partial charge < -0.3 is 10.2 Å². The van der Waals surface area contributed by atoms with Crippen molar-refractivity contribution in [1.29, 1.82) is 0 Å². The molecule has 0 fully saturated rings. The van der Waals surface area contributed by atoms with Crippen molar-refractivity contribution in [2.75, 3.05) is 23.7 Å². The first kappa shape index (κ1) is 33.0. The van der Waals surface area contributed by atoms with Crippen molar-refractivity contribution in [2.45, 2.75) is 38.8 Å². The van der Waals surface area contributed by atoms with Crippen LogP contribution in [0.1, 0.15) is 30.9 Å². The van der Waals surface area contributed by atoms with Gasteiger partial charge in [0.2, 0.25) is 21.8 Å². The predicted molar refractivity (Wildman–Crippen MR) is 168 cm³/mol. The Morgan fingerprint density at radius 2 is 1.51 bits per heavy atom. The lowest BCUT2D eigenvalue weighted by atomic mass is 10.0. The van der Waals surface area contributed by atoms with Gasteiger partial charge in [-0.05, 0) is 41.8 Å². The van der Waals surface area contributed by atoms with Gasteiger partial charge in [-0.1, -0.05) is 102 Å². The zero-order valence-corrected chi connectivity index (χ0v) is 26.5. The maximum absolute atomic E-state index is 14.1. The van der Waals surface area contributed by atoms with Crippen LogP contribution in [0.3, 0.4) is 0 Å². The molecule has 0 bridgehead atoms. The summed E-state index contributed by atoms with van der Waals surface area (Å²) in [4.78, 5) is 29.1. The molecule has 0 saturated heterocycles. The van der Waals surface area contributed by atoms with Gasteiger partial charge >= 0.3 is 0 Å². The molecule has 1 N–H and O–H groups in total. The number of rotatable bonds is 13. The molecule has 0 spiro atoms. The van der Waals surface area contributed by atoms with Gasteiger partial charge in [-0.2, -0.15) is 0 Å². The second-order valence-corrected chi connectivity index (χ2v) is 13.1. The second-order valence-electron chi connectivity index (χ2n) is 9.49. The summed E-state index contributed by atoms with van der Waals surface area (Å²) >= 11 is 24.7. The molecule has 7 nitrogen and oxygen atoms in total. The van der Waals surface area contributed by atoms with Crippen LogP contribution in [0, 0.1) is 0 Å². The van der Waals surface area contributed by atoms with Gasteiger partial charge in [0.25, 0.3) is 0 Å². The molecule has 3 aromatic carbocycles. The van der Waals surface area contributed by atoms with Gasteiger partial charge in [0.1, 0.15) is 12.6 Å². The maximum atomic E-state index is 14.1. The minimum Gasteiger partial charge on any atom is -0.354 e. The SMILES string of the molecule is CCCCNC(=O)[C@@H](Cc1ccccc1)N(Cc1ccc(Cl)cc1)C(=O)CN(c1cc(Cl)c(Cl)cc1Cl)S(C)(=O)=O. The summed E-state index contributed by atoms with van der Waals surface area (Å²) < 4.78 is 26.7. The lowest BCUT2D eigenvalue weighted by Crippen LogP contribution is -2.53. The van der Waals surface area contributed by atoms with E-state index in [1.165, 1.54) is 17.0 Å². The Bertz CT molecular complexity index is 1450. The molecule has 0 aliphatic heterocycles. The minimum absolute atomic E-state index is 0.0000190. The first-order valence-corrected chi connectivity index (χ1v) is 16.2. The molecule has 41 heavy (non-hydrogen) atoms. The number of nitrogens with zero attached hydrogens (tertiary/aromatic N) is 2. The Hall–Kier alpha value is -2.49. The fraction of sp³-hybridized carbons (Fsp3) is 0.310. The summed E-state index contributed by atoms with van der Waals surface area (Å²) in [6.07, 6.45) is 2.82. The van der Waals surface area contributed by atoms with E-state index < -0.39 is 28.5 Å². The Labute approximate surface area is 261 Å². The van der Waals surface area contributed by atoms with Crippen molar-refractivity contribution >= 4 is 73.9 Å². The first-order valence-electron chi connectivity index (χ1n) is 12.9. The maximum Gasteiger partial charge on any atom is 0.244 e. The van der Waals surface area contributed by atoms with E-state index >= 15 is 0 Å². The molecule has 0 saturated carbocycles. The van der Waals surface area contributed by atoms with Gasteiger partial charge in [0.05, 0.1) is 27.0 Å². The zero-order valence-electron chi connectivity index (χ0n) is 22.6. The van der Waals surface area contributed by atoms with Crippen molar-refractivity contribution in [2.24, 2.45) is 0 Å². The van der Waals surface area contributed by atoms with Crippen LogP contribution in [-0.2, 0) is 32.6 Å². The topological polar surface area (TPSA) is 86.8 Å². The Kier molecular flexibility index (Phi) is 12.2. The van der Waals surface area contributed by atoms with Gasteiger partial charge in [-0.15, -0.1) is 0 Å². The van der Waals surface area contributed by atoms with Gasteiger partial charge in [0, 0.05) is 24.5 Å². The van der Waals surface area contributed by atoms with Crippen LogP contribution >= 0.6 is 46.4 Å². The minimum atomic E-state index is -4.02. The zero-order chi connectivity index (χ0) is 30.2. The first-order chi connectivity index (χ1) is 19.4. The molecule has 2 amide bonds. The third-order valence-electron chi connectivity index (χ3n) is 6.30. The number of hydrogen-bond acceptors (Lipinski definition) is 4. The molecule has 0 aliphatic rings. The van der Waals surface area contributed by atoms with E-state index in [9.17, 15) is 18.0 Å². The van der Waals surface area contributed by atoms with Crippen molar-refractivity contribution in [3.05, 3.63) is 97.9 Å². The highest BCUT2D eigenvalue weighted by molar-refractivity contribution is 7.92. The van der Waals surface area contributed by atoms with Crippen molar-refractivity contribution in [3.8, 4) is 0 Å². The molecule has 1 atom stereocenters. The molecule has 220 valence electrons. The van der Waals surface area contributed by atoms with Crippen LogP contribution < -0.4 is 9.62 Å². The monoisotopic (exact) mass is 657 g/mol. The molecule has 3 aromatic rings. The summed E-state index contributed by atoms with van der Waals surface area (Å²) in [6, 6.07) is 17.8. The molecule has 0 aromatic heterocycles. The normalized spacial score (nSPS) is 12.0. The highest BCUT2D eigenvalue weighted by Crippen LogP contribution is 2.35. The summed E-state index contributed by atoms with van der Waals surface area (Å²) in [5.41, 5.74) is 1.54. The van der Waals surface area contributed by atoms with E-state index in [1.54, 1.807) is 24.3 Å². The van der Waals surface area contributed by atoms with Crippen molar-refractivity contribution < 1.29 is 18.0 Å². The van der Waals surface area contributed by atoms with Crippen LogP contribution in [0.5, 0.6) is 0 Å². The predicted octanol–water partition coefficient (Wildman–Crippen LogP) is 6.62. The molecule has 0 radical (unpaired) electrons. The number of sulfonamides is 1. The molecule has 3 rings (SSSR count). The van der Waals surface area contributed by atoms with Gasteiger partial charge in [0.15, 0.2) is 0 Å². The quantitative estimate of drug-likeness (QED) is 0.165. The average Bonchev–Trinajstić information content (AvgIpc) is 2.92. The molecular weight excluding hydrogens is 628 g/mol. The summed E-state index contributed by atoms with van der Waals surface area (Å²) in [5.74, 6) is -0.956. The fourth-order valence-corrected chi connectivity index (χ4v) is 5.82. The molecule has 0 unspecified atom stereocenters. The van der Waals surface area contributed by atoms with Gasteiger partial charge in [-0.3, -0.25) is 13.9 Å². The Morgan fingerprint density at radius 1 is 0.878 bits per heavy atom. The average molecular weight is 659 g/mol. The fourth-order valence-electron chi connectivity index (χ4n) is 4.14. The number of unbranched alkanes of at least 4 members (excludes halogenated alkanes) is 1. The highest BCUT2D eigenvalue weighted by Gasteiger charge is 2.33. The van der Waals surface area contributed by atoms with Crippen LogP contribution in [0.4, 0.5) is 5.69 Å². The lowest BCUT2D eigenvalue weighted by Gasteiger charge is -2.33. The summed E-state index contributed by atoms with van der Waals surface area (Å²) in [7, 11) is -4.02. The molecule has 0 heterocycles. The van der Waals surface area contributed by atoms with Crippen LogP contribution in [0.15, 0.2) is 66.7 Å². The number of anilines is 1. The van der Waals surface area contributed by atoms with E-state index in [0.717, 1.165) is 29.0 Å². The number of carbonyl (C=O) groups is 2. The Morgan fingerprint density at radius 3 is 2.12 bits per heavy atom. The van der Waals surface area contributed by atoms with E-state index in [-0.39, 0.29) is 39.6 Å². The van der Waals surface area contributed by atoms with Crippen LogP contribution in [0.2, 0.25) is 20.1 Å². The van der Waals surface area contributed by atoms with Crippen LogP contribution in [-0.4, -0.2) is 50.5 Å². The lowest BCUT2D eigenvalue weighted by molar-refractivity contribution is -0.140. The molecule has 0 aliphatic carbocycles. The number of carbonyl (C=O) groups excluding carboxylic acids is 2. The van der Waals surface area contributed by atoms with E-state index in [2.05, 4.69) is 5.32 Å². The number of benzene rings is 3. The standard InChI is InChI=1S/C29H31Cl4N3O4S/c1-3-4-14-34-29(38)27(15-20-8-6-5-7-9-20)35(18-21-10-12-22(30)13-11-21)28(37)19-36(41(2,39)40)26-17-24(32)23(31)16-25(26)33/h5-13,16-17,27H,3-4,14-15,18-19H2,1-2H3,(H,34,38)/t27-/m1/s1. The second kappa shape index (κ2) is 15.1.